The SMILES string of the molecule is CCCCCCCCCCCCOC[C@@H](O)[C@@H](O)[C@H](O)[C@@H](O)C(=O)OS(=O)(=O)O. The molecule has 4 atom stereocenters. The zero-order valence-corrected chi connectivity index (χ0v) is 17.8. The summed E-state index contributed by atoms with van der Waals surface area (Å²) in [5.41, 5.74) is 0. The van der Waals surface area contributed by atoms with Crippen molar-refractivity contribution in [3.8, 4) is 0 Å². The first-order valence-corrected chi connectivity index (χ1v) is 11.5. The molecule has 0 aliphatic carbocycles. The Morgan fingerprint density at radius 3 is 1.79 bits per heavy atom. The normalized spacial score (nSPS) is 16.2. The first kappa shape index (κ1) is 28.2. The summed E-state index contributed by atoms with van der Waals surface area (Å²) in [6, 6.07) is 0. The molecule has 0 aliphatic rings. The van der Waals surface area contributed by atoms with Gasteiger partial charge in [0.05, 0.1) is 6.61 Å². The summed E-state index contributed by atoms with van der Waals surface area (Å²) < 4.78 is 37.8. The van der Waals surface area contributed by atoms with Crippen LogP contribution in [0.15, 0.2) is 0 Å². The summed E-state index contributed by atoms with van der Waals surface area (Å²) in [4.78, 5) is 11.2. The smallest absolute Gasteiger partial charge is 0.388 e. The van der Waals surface area contributed by atoms with Crippen molar-refractivity contribution >= 4 is 16.4 Å². The molecule has 0 aromatic rings. The number of aliphatic hydroxyl groups excluding tert-OH is 4. The van der Waals surface area contributed by atoms with E-state index in [4.69, 9.17) is 9.29 Å². The molecule has 0 rings (SSSR count). The molecule has 11 heteroatoms. The fourth-order valence-electron chi connectivity index (χ4n) is 2.70. The standard InChI is InChI=1S/C18H36O10S/c1-2-3-4-5-6-7-8-9-10-11-12-27-13-14(19)15(20)16(21)17(22)18(23)28-29(24,25)26/h14-17,19-22H,2-13H2,1H3,(H,24,25,26)/t14-,15-,16+,17-/m1/s1. The Labute approximate surface area is 172 Å². The highest BCUT2D eigenvalue weighted by Gasteiger charge is 2.37. The second-order valence-corrected chi connectivity index (χ2v) is 8.10. The zero-order valence-electron chi connectivity index (χ0n) is 17.0. The highest BCUT2D eigenvalue weighted by atomic mass is 32.3. The monoisotopic (exact) mass is 444 g/mol. The van der Waals surface area contributed by atoms with Gasteiger partial charge in [0.2, 0.25) is 0 Å². The Kier molecular flexibility index (Phi) is 15.5. The zero-order chi connectivity index (χ0) is 22.3. The van der Waals surface area contributed by atoms with Gasteiger partial charge in [-0.05, 0) is 6.42 Å². The van der Waals surface area contributed by atoms with E-state index in [-0.39, 0.29) is 6.61 Å². The van der Waals surface area contributed by atoms with E-state index >= 15 is 0 Å². The lowest BCUT2D eigenvalue weighted by Crippen LogP contribution is -2.49. The summed E-state index contributed by atoms with van der Waals surface area (Å²) in [6.45, 7) is 2.18. The summed E-state index contributed by atoms with van der Waals surface area (Å²) >= 11 is 0. The molecule has 0 aromatic carbocycles. The topological polar surface area (TPSA) is 171 Å². The van der Waals surface area contributed by atoms with Crippen LogP contribution in [0.4, 0.5) is 0 Å². The lowest BCUT2D eigenvalue weighted by atomic mass is 10.0. The average molecular weight is 445 g/mol. The van der Waals surface area contributed by atoms with Gasteiger partial charge in [-0.3, -0.25) is 4.55 Å². The Hall–Kier alpha value is -0.820. The maximum atomic E-state index is 11.2. The van der Waals surface area contributed by atoms with Crippen molar-refractivity contribution in [2.24, 2.45) is 0 Å². The van der Waals surface area contributed by atoms with Gasteiger partial charge in [-0.25, -0.2) is 4.79 Å². The number of carbonyl (C=O) groups is 1. The minimum atomic E-state index is -5.17. The quantitative estimate of drug-likeness (QED) is 0.150. The van der Waals surface area contributed by atoms with Crippen LogP contribution in [-0.4, -0.2) is 77.0 Å². The molecule has 0 saturated carbocycles. The van der Waals surface area contributed by atoms with Crippen LogP contribution < -0.4 is 0 Å². The number of aliphatic hydroxyl groups is 4. The van der Waals surface area contributed by atoms with Crippen LogP contribution in [0.25, 0.3) is 0 Å². The molecular formula is C18H36O10S. The fourth-order valence-corrected chi connectivity index (χ4v) is 3.01. The molecule has 0 radical (unpaired) electrons. The van der Waals surface area contributed by atoms with Crippen molar-refractivity contribution in [1.82, 2.24) is 0 Å². The second-order valence-electron chi connectivity index (χ2n) is 7.08. The molecule has 0 amide bonds. The molecule has 0 aromatic heterocycles. The lowest BCUT2D eigenvalue weighted by Gasteiger charge is -2.25. The van der Waals surface area contributed by atoms with E-state index < -0.39 is 40.8 Å². The van der Waals surface area contributed by atoms with Crippen LogP contribution in [-0.2, 0) is 24.1 Å². The number of ether oxygens (including phenoxy) is 1. The van der Waals surface area contributed by atoms with E-state index in [0.717, 1.165) is 25.7 Å². The van der Waals surface area contributed by atoms with Crippen molar-refractivity contribution in [1.29, 1.82) is 0 Å². The van der Waals surface area contributed by atoms with E-state index in [1.165, 1.54) is 38.5 Å². The molecule has 0 unspecified atom stereocenters. The molecule has 5 N–H and O–H groups in total. The van der Waals surface area contributed by atoms with Crippen LogP contribution >= 0.6 is 0 Å². The number of rotatable bonds is 18. The maximum Gasteiger partial charge on any atom is 0.449 e. The lowest BCUT2D eigenvalue weighted by molar-refractivity contribution is -0.162. The molecule has 0 fully saturated rings. The third-order valence-electron chi connectivity index (χ3n) is 4.43. The Morgan fingerprint density at radius 1 is 0.828 bits per heavy atom. The fraction of sp³-hybridized carbons (Fsp3) is 0.944. The van der Waals surface area contributed by atoms with Gasteiger partial charge in [0.15, 0.2) is 6.10 Å². The average Bonchev–Trinajstić information content (AvgIpc) is 2.65. The van der Waals surface area contributed by atoms with Crippen molar-refractivity contribution in [3.05, 3.63) is 0 Å². The van der Waals surface area contributed by atoms with Gasteiger partial charge in [-0.1, -0.05) is 64.7 Å². The molecule has 0 bridgehead atoms. The first-order valence-electron chi connectivity index (χ1n) is 10.1. The Bertz CT molecular complexity index is 525. The van der Waals surface area contributed by atoms with Crippen molar-refractivity contribution in [2.75, 3.05) is 13.2 Å². The summed E-state index contributed by atoms with van der Waals surface area (Å²) in [5.74, 6) is -1.89. The van der Waals surface area contributed by atoms with Gasteiger partial charge in [0, 0.05) is 6.61 Å². The summed E-state index contributed by atoms with van der Waals surface area (Å²) in [6.07, 6.45) is 3.24. The molecule has 0 spiro atoms. The summed E-state index contributed by atoms with van der Waals surface area (Å²) in [7, 11) is -5.17. The third kappa shape index (κ3) is 14.8. The highest BCUT2D eigenvalue weighted by molar-refractivity contribution is 7.81. The van der Waals surface area contributed by atoms with Crippen LogP contribution in [0.2, 0.25) is 0 Å². The number of hydrogen-bond acceptors (Lipinski definition) is 9. The van der Waals surface area contributed by atoms with Crippen LogP contribution in [0, 0.1) is 0 Å². The Balaban J connectivity index is 3.85. The van der Waals surface area contributed by atoms with E-state index in [1.807, 2.05) is 0 Å². The number of carbonyl (C=O) groups excluding carboxylic acids is 1. The van der Waals surface area contributed by atoms with Gasteiger partial charge in [-0.2, -0.15) is 8.42 Å². The van der Waals surface area contributed by atoms with Crippen molar-refractivity contribution in [3.63, 3.8) is 0 Å². The van der Waals surface area contributed by atoms with Crippen molar-refractivity contribution in [2.45, 2.75) is 95.5 Å². The third-order valence-corrected chi connectivity index (χ3v) is 4.80. The molecule has 0 heterocycles. The Morgan fingerprint density at radius 2 is 1.31 bits per heavy atom. The predicted octanol–water partition coefficient (Wildman–Crippen LogP) is 0.713. The predicted molar refractivity (Wildman–Crippen MR) is 104 cm³/mol. The van der Waals surface area contributed by atoms with Gasteiger partial charge >= 0.3 is 16.4 Å². The van der Waals surface area contributed by atoms with E-state index in [9.17, 15) is 33.6 Å². The first-order chi connectivity index (χ1) is 13.6. The highest BCUT2D eigenvalue weighted by Crippen LogP contribution is 2.11. The molecule has 29 heavy (non-hydrogen) atoms. The molecular weight excluding hydrogens is 408 g/mol. The van der Waals surface area contributed by atoms with E-state index in [0.29, 0.717) is 6.61 Å². The van der Waals surface area contributed by atoms with Crippen molar-refractivity contribution < 1.29 is 47.1 Å². The van der Waals surface area contributed by atoms with Gasteiger partial charge < -0.3 is 29.3 Å². The van der Waals surface area contributed by atoms with Crippen LogP contribution in [0.5, 0.6) is 0 Å². The largest absolute Gasteiger partial charge is 0.449 e. The van der Waals surface area contributed by atoms with E-state index in [2.05, 4.69) is 11.1 Å². The van der Waals surface area contributed by atoms with E-state index in [1.54, 1.807) is 0 Å². The molecule has 0 aliphatic heterocycles. The summed E-state index contributed by atoms with van der Waals surface area (Å²) in [5, 5.41) is 38.5. The second kappa shape index (κ2) is 15.9. The number of hydrogen-bond donors (Lipinski definition) is 5. The van der Waals surface area contributed by atoms with Crippen LogP contribution in [0.1, 0.15) is 71.1 Å². The maximum absolute atomic E-state index is 11.2. The van der Waals surface area contributed by atoms with Crippen LogP contribution in [0.3, 0.4) is 0 Å². The molecule has 0 saturated heterocycles. The number of unbranched alkanes of at least 4 members (excludes halogenated alkanes) is 9. The minimum absolute atomic E-state index is 0.337. The van der Waals surface area contributed by atoms with Gasteiger partial charge in [-0.15, -0.1) is 0 Å². The minimum Gasteiger partial charge on any atom is -0.388 e. The van der Waals surface area contributed by atoms with Gasteiger partial charge in [0.1, 0.15) is 18.3 Å². The molecule has 10 nitrogen and oxygen atoms in total. The molecule has 174 valence electrons. The van der Waals surface area contributed by atoms with Gasteiger partial charge in [0.25, 0.3) is 0 Å².